The molecule has 18 heavy (non-hydrogen) atoms. The maximum Gasteiger partial charge on any atom is 0.0992 e. The van der Waals surface area contributed by atoms with Crippen molar-refractivity contribution in [2.24, 2.45) is 0 Å². The molecule has 5 nitrogen and oxygen atoms in total. The Hall–Kier alpha value is -2.56. The number of hydrogen-bond acceptors (Lipinski definition) is 3. The Bertz CT molecular complexity index is 598. The summed E-state index contributed by atoms with van der Waals surface area (Å²) in [5.41, 5.74) is 3.19. The first kappa shape index (κ1) is 10.6. The second-order valence-corrected chi connectivity index (χ2v) is 3.92. The number of benzene rings is 1. The van der Waals surface area contributed by atoms with E-state index >= 15 is 0 Å². The summed E-state index contributed by atoms with van der Waals surface area (Å²) in [6.45, 7) is 0.714. The fraction of sp³-hybridized carbons (Fsp3) is 0.0769. The fourth-order valence-corrected chi connectivity index (χ4v) is 1.82. The third-order valence-corrected chi connectivity index (χ3v) is 2.71. The van der Waals surface area contributed by atoms with Crippen LogP contribution >= 0.6 is 0 Å². The average molecular weight is 239 g/mol. The van der Waals surface area contributed by atoms with Crippen LogP contribution in [-0.2, 0) is 6.54 Å². The zero-order chi connectivity index (χ0) is 12.2. The van der Waals surface area contributed by atoms with E-state index in [-0.39, 0.29) is 0 Å². The number of para-hydroxylation sites is 2. The Morgan fingerprint density at radius 1 is 1.22 bits per heavy atom. The lowest BCUT2D eigenvalue weighted by atomic mass is 10.2. The molecule has 5 heteroatoms. The molecule has 0 fully saturated rings. The second-order valence-electron chi connectivity index (χ2n) is 3.92. The van der Waals surface area contributed by atoms with E-state index in [1.54, 1.807) is 18.9 Å². The summed E-state index contributed by atoms with van der Waals surface area (Å²) in [7, 11) is 0. The minimum atomic E-state index is 0.714. The van der Waals surface area contributed by atoms with Crippen molar-refractivity contribution in [2.75, 3.05) is 5.32 Å². The van der Waals surface area contributed by atoms with Crippen LogP contribution in [0.3, 0.4) is 0 Å². The molecule has 0 aliphatic carbocycles. The summed E-state index contributed by atoms with van der Waals surface area (Å²) < 4.78 is 1.98. The molecule has 0 amide bonds. The number of hydrogen-bond donors (Lipinski definition) is 2. The highest BCUT2D eigenvalue weighted by Gasteiger charge is 2.03. The van der Waals surface area contributed by atoms with Gasteiger partial charge in [-0.3, -0.25) is 0 Å². The molecule has 1 aromatic carbocycles. The molecular formula is C13H13N5. The number of aromatic amines is 1. The number of nitrogens with zero attached hydrogens (tertiary/aromatic N) is 3. The molecule has 0 aliphatic rings. The van der Waals surface area contributed by atoms with Crippen molar-refractivity contribution in [1.82, 2.24) is 19.5 Å². The summed E-state index contributed by atoms with van der Waals surface area (Å²) >= 11 is 0. The normalized spacial score (nSPS) is 10.4. The topological polar surface area (TPSA) is 58.5 Å². The Morgan fingerprint density at radius 3 is 2.94 bits per heavy atom. The van der Waals surface area contributed by atoms with Crippen LogP contribution in [0.5, 0.6) is 0 Å². The van der Waals surface area contributed by atoms with Gasteiger partial charge in [0.25, 0.3) is 0 Å². The zero-order valence-electron chi connectivity index (χ0n) is 9.74. The van der Waals surface area contributed by atoms with E-state index in [1.807, 2.05) is 35.2 Å². The molecule has 2 heterocycles. The quantitative estimate of drug-likeness (QED) is 0.733. The predicted octanol–water partition coefficient (Wildman–Crippen LogP) is 2.21. The molecule has 0 saturated carbocycles. The predicted molar refractivity (Wildman–Crippen MR) is 69.5 cm³/mol. The van der Waals surface area contributed by atoms with Gasteiger partial charge in [0.2, 0.25) is 0 Å². The van der Waals surface area contributed by atoms with Gasteiger partial charge in [-0.15, -0.1) is 0 Å². The molecule has 0 bridgehead atoms. The molecule has 0 unspecified atom stereocenters. The third-order valence-electron chi connectivity index (χ3n) is 2.71. The fourth-order valence-electron chi connectivity index (χ4n) is 1.82. The summed E-state index contributed by atoms with van der Waals surface area (Å²) in [6.07, 6.45) is 8.98. The number of anilines is 1. The van der Waals surface area contributed by atoms with Crippen molar-refractivity contribution in [1.29, 1.82) is 0 Å². The molecule has 0 radical (unpaired) electrons. The smallest absolute Gasteiger partial charge is 0.0992 e. The Morgan fingerprint density at radius 2 is 2.17 bits per heavy atom. The van der Waals surface area contributed by atoms with E-state index in [2.05, 4.69) is 26.3 Å². The summed E-state index contributed by atoms with van der Waals surface area (Å²) in [5, 5.41) is 3.38. The summed E-state index contributed by atoms with van der Waals surface area (Å²) in [4.78, 5) is 11.1. The minimum Gasteiger partial charge on any atom is -0.378 e. The monoisotopic (exact) mass is 239 g/mol. The lowest BCUT2D eigenvalue weighted by molar-refractivity contribution is 1.03. The second kappa shape index (κ2) is 4.75. The van der Waals surface area contributed by atoms with Crippen LogP contribution in [0.15, 0.2) is 55.5 Å². The Balaban J connectivity index is 1.84. The molecule has 3 aromatic rings. The highest BCUT2D eigenvalue weighted by Crippen LogP contribution is 2.19. The molecule has 0 spiro atoms. The number of aromatic nitrogens is 4. The van der Waals surface area contributed by atoms with Gasteiger partial charge in [0.1, 0.15) is 0 Å². The van der Waals surface area contributed by atoms with Gasteiger partial charge in [-0.2, -0.15) is 0 Å². The van der Waals surface area contributed by atoms with Crippen molar-refractivity contribution in [3.63, 3.8) is 0 Å². The maximum atomic E-state index is 4.07. The van der Waals surface area contributed by atoms with Crippen molar-refractivity contribution < 1.29 is 0 Å². The highest BCUT2D eigenvalue weighted by molar-refractivity contribution is 5.60. The summed E-state index contributed by atoms with van der Waals surface area (Å²) in [6, 6.07) is 8.12. The first-order chi connectivity index (χ1) is 8.93. The van der Waals surface area contributed by atoms with E-state index in [4.69, 9.17) is 0 Å². The molecule has 2 N–H and O–H groups in total. The van der Waals surface area contributed by atoms with E-state index in [0.717, 1.165) is 17.1 Å². The van der Waals surface area contributed by atoms with Crippen molar-refractivity contribution in [3.05, 3.63) is 61.2 Å². The van der Waals surface area contributed by atoms with Crippen LogP contribution in [0.1, 0.15) is 5.69 Å². The van der Waals surface area contributed by atoms with Crippen molar-refractivity contribution in [3.8, 4) is 5.69 Å². The molecule has 3 rings (SSSR count). The van der Waals surface area contributed by atoms with Crippen LogP contribution in [0.25, 0.3) is 5.69 Å². The molecule has 0 saturated heterocycles. The highest BCUT2D eigenvalue weighted by atomic mass is 15.1. The molecule has 0 aliphatic heterocycles. The first-order valence-electron chi connectivity index (χ1n) is 5.72. The Labute approximate surface area is 105 Å². The van der Waals surface area contributed by atoms with Crippen molar-refractivity contribution >= 4 is 5.69 Å². The van der Waals surface area contributed by atoms with Crippen LogP contribution in [0.4, 0.5) is 5.69 Å². The SMILES string of the molecule is c1ccc(-n2ccnc2)c(NCc2cnc[nH]2)c1. The van der Waals surface area contributed by atoms with E-state index in [1.165, 1.54) is 0 Å². The number of nitrogens with one attached hydrogen (secondary N) is 2. The van der Waals surface area contributed by atoms with E-state index in [0.29, 0.717) is 6.54 Å². The molecule has 2 aromatic heterocycles. The summed E-state index contributed by atoms with van der Waals surface area (Å²) in [5.74, 6) is 0. The molecule has 90 valence electrons. The van der Waals surface area contributed by atoms with Gasteiger partial charge in [0.15, 0.2) is 0 Å². The minimum absolute atomic E-state index is 0.714. The molecular weight excluding hydrogens is 226 g/mol. The number of rotatable bonds is 4. The number of imidazole rings is 2. The van der Waals surface area contributed by atoms with Gasteiger partial charge < -0.3 is 14.9 Å². The molecule has 0 atom stereocenters. The van der Waals surface area contributed by atoms with E-state index in [9.17, 15) is 0 Å². The lowest BCUT2D eigenvalue weighted by Crippen LogP contribution is -2.03. The van der Waals surface area contributed by atoms with Crippen LogP contribution in [0, 0.1) is 0 Å². The maximum absolute atomic E-state index is 4.07. The number of H-pyrrole nitrogens is 1. The van der Waals surface area contributed by atoms with Crippen LogP contribution < -0.4 is 5.32 Å². The van der Waals surface area contributed by atoms with Gasteiger partial charge in [0.05, 0.1) is 36.3 Å². The first-order valence-corrected chi connectivity index (χ1v) is 5.72. The van der Waals surface area contributed by atoms with Gasteiger partial charge in [-0.1, -0.05) is 12.1 Å². The lowest BCUT2D eigenvalue weighted by Gasteiger charge is -2.11. The zero-order valence-corrected chi connectivity index (χ0v) is 9.74. The van der Waals surface area contributed by atoms with Gasteiger partial charge in [-0.25, -0.2) is 9.97 Å². The average Bonchev–Trinajstić information content (AvgIpc) is 3.10. The van der Waals surface area contributed by atoms with Gasteiger partial charge in [-0.05, 0) is 12.1 Å². The van der Waals surface area contributed by atoms with Gasteiger partial charge >= 0.3 is 0 Å². The standard InChI is InChI=1S/C13H13N5/c1-2-4-13(18-6-5-14-10-18)12(3-1)16-8-11-7-15-9-17-11/h1-7,9-10,16H,8H2,(H,15,17). The Kier molecular flexibility index (Phi) is 2.79. The van der Waals surface area contributed by atoms with E-state index < -0.39 is 0 Å². The largest absolute Gasteiger partial charge is 0.378 e. The van der Waals surface area contributed by atoms with Crippen LogP contribution in [-0.4, -0.2) is 19.5 Å². The van der Waals surface area contributed by atoms with Gasteiger partial charge in [0, 0.05) is 18.6 Å². The van der Waals surface area contributed by atoms with Crippen LogP contribution in [0.2, 0.25) is 0 Å². The third kappa shape index (κ3) is 2.10. The van der Waals surface area contributed by atoms with Crippen molar-refractivity contribution in [2.45, 2.75) is 6.54 Å².